The molecule has 18 heavy (non-hydrogen) atoms. The Kier molecular flexibility index (Phi) is 3.52. The van der Waals surface area contributed by atoms with Crippen LogP contribution in [0, 0.1) is 20.8 Å². The number of aromatic nitrogens is 1. The zero-order chi connectivity index (χ0) is 13.3. The summed E-state index contributed by atoms with van der Waals surface area (Å²) in [4.78, 5) is 12.0. The van der Waals surface area contributed by atoms with Gasteiger partial charge in [0.15, 0.2) is 5.69 Å². The fraction of sp³-hybridized carbons (Fsp3) is 0.231. The zero-order valence-corrected chi connectivity index (χ0v) is 12.0. The molecule has 1 N–H and O–H groups in total. The largest absolute Gasteiger partial charge is 0.361 e. The summed E-state index contributed by atoms with van der Waals surface area (Å²) in [7, 11) is 0. The van der Waals surface area contributed by atoms with Gasteiger partial charge in [-0.25, -0.2) is 0 Å². The number of nitrogens with zero attached hydrogens (tertiary/aromatic N) is 1. The predicted molar refractivity (Wildman–Crippen MR) is 72.8 cm³/mol. The number of carbonyl (C=O) groups is 1. The van der Waals surface area contributed by atoms with E-state index in [-0.39, 0.29) is 11.6 Å². The molecule has 5 heteroatoms. The molecule has 1 aromatic carbocycles. The van der Waals surface area contributed by atoms with E-state index >= 15 is 0 Å². The van der Waals surface area contributed by atoms with Crippen LogP contribution in [0.5, 0.6) is 0 Å². The van der Waals surface area contributed by atoms with E-state index in [1.54, 1.807) is 13.0 Å². The predicted octanol–water partition coefficient (Wildman–Crippen LogP) is 3.61. The number of rotatable bonds is 2. The van der Waals surface area contributed by atoms with Crippen molar-refractivity contribution in [3.05, 3.63) is 45.3 Å². The van der Waals surface area contributed by atoms with Gasteiger partial charge in [-0.2, -0.15) is 0 Å². The number of amides is 1. The van der Waals surface area contributed by atoms with Gasteiger partial charge < -0.3 is 9.84 Å². The Morgan fingerprint density at radius 3 is 2.56 bits per heavy atom. The number of nitrogens with one attached hydrogen (secondary N) is 1. The lowest BCUT2D eigenvalue weighted by Crippen LogP contribution is -2.13. The lowest BCUT2D eigenvalue weighted by molar-refractivity contribution is 0.101. The number of anilines is 1. The first kappa shape index (κ1) is 12.8. The average Bonchev–Trinajstić information content (AvgIpc) is 2.70. The highest BCUT2D eigenvalue weighted by Gasteiger charge is 2.14. The molecule has 0 saturated heterocycles. The molecular weight excluding hydrogens is 296 g/mol. The minimum atomic E-state index is -0.278. The van der Waals surface area contributed by atoms with E-state index < -0.39 is 0 Å². The number of hydrogen-bond donors (Lipinski definition) is 1. The van der Waals surface area contributed by atoms with E-state index in [0.717, 1.165) is 21.3 Å². The van der Waals surface area contributed by atoms with Crippen LogP contribution < -0.4 is 5.32 Å². The molecule has 4 nitrogen and oxygen atoms in total. The first-order valence-electron chi connectivity index (χ1n) is 5.49. The molecule has 0 aliphatic heterocycles. The van der Waals surface area contributed by atoms with Crippen LogP contribution in [0.3, 0.4) is 0 Å². The van der Waals surface area contributed by atoms with Crippen molar-refractivity contribution in [3.63, 3.8) is 0 Å². The highest BCUT2D eigenvalue weighted by atomic mass is 79.9. The minimum absolute atomic E-state index is 0.277. The molecule has 2 aromatic rings. The number of aryl methyl sites for hydroxylation is 3. The molecule has 0 spiro atoms. The number of carbonyl (C=O) groups excluding carboxylic acids is 1. The van der Waals surface area contributed by atoms with Gasteiger partial charge in [-0.05, 0) is 53.9 Å². The summed E-state index contributed by atoms with van der Waals surface area (Å²) in [5.41, 5.74) is 3.16. The van der Waals surface area contributed by atoms with Crippen LogP contribution in [0.15, 0.2) is 27.2 Å². The standard InChI is InChI=1S/C13H13BrN2O2/c1-7-4-8(2)12(10(14)5-7)15-13(17)11-6-9(3)18-16-11/h4-6H,1-3H3,(H,15,17). The van der Waals surface area contributed by atoms with Crippen molar-refractivity contribution in [2.45, 2.75) is 20.8 Å². The Bertz CT molecular complexity index is 582. The van der Waals surface area contributed by atoms with Crippen LogP contribution in [0.4, 0.5) is 5.69 Å². The average molecular weight is 309 g/mol. The fourth-order valence-electron chi connectivity index (χ4n) is 1.73. The summed E-state index contributed by atoms with van der Waals surface area (Å²) in [6.07, 6.45) is 0. The lowest BCUT2D eigenvalue weighted by atomic mass is 10.1. The van der Waals surface area contributed by atoms with Gasteiger partial charge in [0.05, 0.1) is 5.69 Å². The topological polar surface area (TPSA) is 55.1 Å². The van der Waals surface area contributed by atoms with Gasteiger partial charge >= 0.3 is 0 Å². The highest BCUT2D eigenvalue weighted by molar-refractivity contribution is 9.10. The summed E-state index contributed by atoms with van der Waals surface area (Å²) >= 11 is 3.45. The summed E-state index contributed by atoms with van der Waals surface area (Å²) in [6.45, 7) is 5.70. The molecule has 0 fully saturated rings. The van der Waals surface area contributed by atoms with E-state index in [9.17, 15) is 4.79 Å². The fourth-order valence-corrected chi connectivity index (χ4v) is 2.50. The van der Waals surface area contributed by atoms with Gasteiger partial charge in [-0.15, -0.1) is 0 Å². The second-order valence-electron chi connectivity index (χ2n) is 4.22. The van der Waals surface area contributed by atoms with Crippen LogP contribution in [-0.2, 0) is 0 Å². The SMILES string of the molecule is Cc1cc(C)c(NC(=O)c2cc(C)on2)c(Br)c1. The molecule has 0 radical (unpaired) electrons. The van der Waals surface area contributed by atoms with Crippen molar-refractivity contribution in [2.75, 3.05) is 5.32 Å². The smallest absolute Gasteiger partial charge is 0.277 e. The van der Waals surface area contributed by atoms with Crippen LogP contribution >= 0.6 is 15.9 Å². The van der Waals surface area contributed by atoms with Gasteiger partial charge in [0.1, 0.15) is 5.76 Å². The molecule has 94 valence electrons. The summed E-state index contributed by atoms with van der Waals surface area (Å²) in [5, 5.41) is 6.51. The molecule has 2 rings (SSSR count). The molecule has 0 unspecified atom stereocenters. The molecule has 1 heterocycles. The van der Waals surface area contributed by atoms with E-state index in [2.05, 4.69) is 26.4 Å². The quantitative estimate of drug-likeness (QED) is 0.922. The Labute approximate surface area is 113 Å². The second-order valence-corrected chi connectivity index (χ2v) is 5.07. The van der Waals surface area contributed by atoms with Crippen molar-refractivity contribution in [3.8, 4) is 0 Å². The monoisotopic (exact) mass is 308 g/mol. The highest BCUT2D eigenvalue weighted by Crippen LogP contribution is 2.28. The van der Waals surface area contributed by atoms with Gasteiger partial charge in [0.25, 0.3) is 5.91 Å². The second kappa shape index (κ2) is 4.94. The van der Waals surface area contributed by atoms with E-state index in [4.69, 9.17) is 4.52 Å². The Morgan fingerprint density at radius 1 is 1.28 bits per heavy atom. The maximum Gasteiger partial charge on any atom is 0.277 e. The van der Waals surface area contributed by atoms with Gasteiger partial charge in [-0.3, -0.25) is 4.79 Å². The lowest BCUT2D eigenvalue weighted by Gasteiger charge is -2.10. The maximum atomic E-state index is 12.0. The third-order valence-electron chi connectivity index (χ3n) is 2.53. The normalized spacial score (nSPS) is 10.4. The van der Waals surface area contributed by atoms with Crippen LogP contribution in [0.2, 0.25) is 0 Å². The zero-order valence-electron chi connectivity index (χ0n) is 10.4. The van der Waals surface area contributed by atoms with E-state index in [0.29, 0.717) is 5.76 Å². The molecule has 0 saturated carbocycles. The van der Waals surface area contributed by atoms with Crippen molar-refractivity contribution in [2.24, 2.45) is 0 Å². The summed E-state index contributed by atoms with van der Waals surface area (Å²) in [5.74, 6) is 0.333. The van der Waals surface area contributed by atoms with E-state index in [1.165, 1.54) is 0 Å². The minimum Gasteiger partial charge on any atom is -0.361 e. The third kappa shape index (κ3) is 2.61. The molecular formula is C13H13BrN2O2. The molecule has 0 aliphatic rings. The third-order valence-corrected chi connectivity index (χ3v) is 3.16. The van der Waals surface area contributed by atoms with Crippen molar-refractivity contribution >= 4 is 27.5 Å². The molecule has 0 bridgehead atoms. The van der Waals surface area contributed by atoms with Gasteiger partial charge in [0.2, 0.25) is 0 Å². The first-order valence-corrected chi connectivity index (χ1v) is 6.28. The Hall–Kier alpha value is -1.62. The summed E-state index contributed by atoms with van der Waals surface area (Å²) in [6, 6.07) is 5.57. The van der Waals surface area contributed by atoms with E-state index in [1.807, 2.05) is 26.0 Å². The van der Waals surface area contributed by atoms with Crippen molar-refractivity contribution in [1.82, 2.24) is 5.16 Å². The molecule has 0 atom stereocenters. The Balaban J connectivity index is 2.27. The number of benzene rings is 1. The summed E-state index contributed by atoms with van der Waals surface area (Å²) < 4.78 is 5.74. The van der Waals surface area contributed by atoms with Gasteiger partial charge in [0, 0.05) is 10.5 Å². The molecule has 0 aliphatic carbocycles. The molecule has 1 amide bonds. The van der Waals surface area contributed by atoms with Gasteiger partial charge in [-0.1, -0.05) is 11.2 Å². The van der Waals surface area contributed by atoms with Crippen molar-refractivity contribution in [1.29, 1.82) is 0 Å². The Morgan fingerprint density at radius 2 is 2.00 bits per heavy atom. The molecule has 1 aromatic heterocycles. The van der Waals surface area contributed by atoms with Crippen LogP contribution in [-0.4, -0.2) is 11.1 Å². The number of hydrogen-bond acceptors (Lipinski definition) is 3. The van der Waals surface area contributed by atoms with Crippen LogP contribution in [0.25, 0.3) is 0 Å². The first-order chi connectivity index (χ1) is 8.47. The number of halogens is 1. The van der Waals surface area contributed by atoms with Crippen molar-refractivity contribution < 1.29 is 9.32 Å². The van der Waals surface area contributed by atoms with Crippen LogP contribution in [0.1, 0.15) is 27.4 Å². The maximum absolute atomic E-state index is 12.0.